The molecule has 0 bridgehead atoms. The number of amides is 1. The molecule has 1 aromatic rings. The molecule has 110 valence electrons. The van der Waals surface area contributed by atoms with E-state index in [4.69, 9.17) is 0 Å². The number of anilines is 1. The molecular formula is C15H24N4O. The van der Waals surface area contributed by atoms with E-state index in [9.17, 15) is 4.79 Å². The Bertz CT molecular complexity index is 422. The number of nitrogens with zero attached hydrogens (tertiary/aromatic N) is 2. The number of carbonyl (C=O) groups excluding carboxylic acids is 1. The molecule has 5 nitrogen and oxygen atoms in total. The first-order valence-corrected chi connectivity index (χ1v) is 7.54. The quantitative estimate of drug-likeness (QED) is 0.830. The highest BCUT2D eigenvalue weighted by Crippen LogP contribution is 2.19. The second-order valence-electron chi connectivity index (χ2n) is 5.75. The SMILES string of the molecule is CC(C)NC(=O)c1cnc(NC2CCCCCC2)cn1. The summed E-state index contributed by atoms with van der Waals surface area (Å²) >= 11 is 0. The molecule has 0 unspecified atom stereocenters. The number of hydrogen-bond acceptors (Lipinski definition) is 4. The van der Waals surface area contributed by atoms with Gasteiger partial charge in [-0.25, -0.2) is 9.97 Å². The molecular weight excluding hydrogens is 252 g/mol. The van der Waals surface area contributed by atoms with Gasteiger partial charge < -0.3 is 10.6 Å². The van der Waals surface area contributed by atoms with Gasteiger partial charge in [-0.3, -0.25) is 4.79 Å². The number of aromatic nitrogens is 2. The lowest BCUT2D eigenvalue weighted by molar-refractivity contribution is 0.0937. The Morgan fingerprint density at radius 2 is 1.85 bits per heavy atom. The van der Waals surface area contributed by atoms with Crippen molar-refractivity contribution in [2.45, 2.75) is 64.5 Å². The second-order valence-corrected chi connectivity index (χ2v) is 5.75. The molecule has 1 fully saturated rings. The molecule has 0 aliphatic heterocycles. The van der Waals surface area contributed by atoms with Crippen LogP contribution in [0.1, 0.15) is 62.9 Å². The van der Waals surface area contributed by atoms with Crippen LogP contribution in [0.3, 0.4) is 0 Å². The Morgan fingerprint density at radius 1 is 1.15 bits per heavy atom. The van der Waals surface area contributed by atoms with Crippen LogP contribution < -0.4 is 10.6 Å². The zero-order chi connectivity index (χ0) is 14.4. The van der Waals surface area contributed by atoms with E-state index >= 15 is 0 Å². The molecule has 20 heavy (non-hydrogen) atoms. The third-order valence-corrected chi connectivity index (χ3v) is 3.51. The van der Waals surface area contributed by atoms with E-state index in [-0.39, 0.29) is 11.9 Å². The second kappa shape index (κ2) is 7.22. The third kappa shape index (κ3) is 4.47. The standard InChI is InChI=1S/C15H24N4O/c1-11(2)18-15(20)13-9-17-14(10-16-13)19-12-7-5-3-4-6-8-12/h9-12H,3-8H2,1-2H3,(H,17,19)(H,18,20). The van der Waals surface area contributed by atoms with Gasteiger partial charge in [0.15, 0.2) is 0 Å². The Balaban J connectivity index is 1.92. The Labute approximate surface area is 120 Å². The molecule has 0 aromatic carbocycles. The predicted octanol–water partition coefficient (Wildman–Crippen LogP) is 2.75. The number of carbonyl (C=O) groups is 1. The summed E-state index contributed by atoms with van der Waals surface area (Å²) in [7, 11) is 0. The van der Waals surface area contributed by atoms with Gasteiger partial charge >= 0.3 is 0 Å². The zero-order valence-corrected chi connectivity index (χ0v) is 12.4. The summed E-state index contributed by atoms with van der Waals surface area (Å²) < 4.78 is 0. The Hall–Kier alpha value is -1.65. The molecule has 2 N–H and O–H groups in total. The summed E-state index contributed by atoms with van der Waals surface area (Å²) in [6, 6.07) is 0.593. The van der Waals surface area contributed by atoms with Crippen LogP contribution in [0.5, 0.6) is 0 Å². The fourth-order valence-electron chi connectivity index (χ4n) is 2.49. The first-order chi connectivity index (χ1) is 9.65. The number of nitrogens with one attached hydrogen (secondary N) is 2. The van der Waals surface area contributed by atoms with Gasteiger partial charge in [0, 0.05) is 12.1 Å². The molecule has 1 aromatic heterocycles. The van der Waals surface area contributed by atoms with Gasteiger partial charge in [-0.2, -0.15) is 0 Å². The average Bonchev–Trinajstić information content (AvgIpc) is 2.67. The van der Waals surface area contributed by atoms with Gasteiger partial charge in [-0.15, -0.1) is 0 Å². The lowest BCUT2D eigenvalue weighted by atomic mass is 10.1. The number of hydrogen-bond donors (Lipinski definition) is 2. The van der Waals surface area contributed by atoms with E-state index < -0.39 is 0 Å². The van der Waals surface area contributed by atoms with Crippen molar-refractivity contribution < 1.29 is 4.79 Å². The van der Waals surface area contributed by atoms with E-state index in [2.05, 4.69) is 20.6 Å². The molecule has 5 heteroatoms. The maximum absolute atomic E-state index is 11.8. The largest absolute Gasteiger partial charge is 0.366 e. The minimum Gasteiger partial charge on any atom is -0.366 e. The summed E-state index contributed by atoms with van der Waals surface area (Å²) in [6.07, 6.45) is 10.8. The lowest BCUT2D eigenvalue weighted by Gasteiger charge is -2.16. The summed E-state index contributed by atoms with van der Waals surface area (Å²) in [4.78, 5) is 20.2. The maximum atomic E-state index is 11.8. The molecule has 0 spiro atoms. The summed E-state index contributed by atoms with van der Waals surface area (Å²) in [5.74, 6) is 0.589. The molecule has 1 aliphatic rings. The van der Waals surface area contributed by atoms with Crippen molar-refractivity contribution in [2.24, 2.45) is 0 Å². The molecule has 1 heterocycles. The highest BCUT2D eigenvalue weighted by Gasteiger charge is 2.13. The first-order valence-electron chi connectivity index (χ1n) is 7.54. The van der Waals surface area contributed by atoms with Gasteiger partial charge in [0.1, 0.15) is 11.5 Å². The highest BCUT2D eigenvalue weighted by molar-refractivity contribution is 5.92. The summed E-state index contributed by atoms with van der Waals surface area (Å²) in [5, 5.41) is 6.23. The Kier molecular flexibility index (Phi) is 5.32. The molecule has 1 aliphatic carbocycles. The number of rotatable bonds is 4. The van der Waals surface area contributed by atoms with Gasteiger partial charge in [0.25, 0.3) is 5.91 Å². The van der Waals surface area contributed by atoms with E-state index in [1.54, 1.807) is 6.20 Å². The zero-order valence-electron chi connectivity index (χ0n) is 12.4. The maximum Gasteiger partial charge on any atom is 0.271 e. The highest BCUT2D eigenvalue weighted by atomic mass is 16.1. The van der Waals surface area contributed by atoms with Gasteiger partial charge in [-0.05, 0) is 26.7 Å². The van der Waals surface area contributed by atoms with E-state index in [1.165, 1.54) is 44.7 Å². The average molecular weight is 276 g/mol. The fraction of sp³-hybridized carbons (Fsp3) is 0.667. The minimum atomic E-state index is -0.173. The van der Waals surface area contributed by atoms with Gasteiger partial charge in [0.2, 0.25) is 0 Å². The van der Waals surface area contributed by atoms with Crippen molar-refractivity contribution in [1.29, 1.82) is 0 Å². The summed E-state index contributed by atoms with van der Waals surface area (Å²) in [5.41, 5.74) is 0.366. The van der Waals surface area contributed by atoms with Crippen molar-refractivity contribution in [3.05, 3.63) is 18.1 Å². The fourth-order valence-corrected chi connectivity index (χ4v) is 2.49. The van der Waals surface area contributed by atoms with Crippen molar-refractivity contribution in [3.63, 3.8) is 0 Å². The molecule has 2 rings (SSSR count). The van der Waals surface area contributed by atoms with Gasteiger partial charge in [-0.1, -0.05) is 25.7 Å². The van der Waals surface area contributed by atoms with E-state index in [1.807, 2.05) is 13.8 Å². The van der Waals surface area contributed by atoms with Crippen LogP contribution in [0.4, 0.5) is 5.82 Å². The summed E-state index contributed by atoms with van der Waals surface area (Å²) in [6.45, 7) is 3.85. The van der Waals surface area contributed by atoms with Gasteiger partial charge in [0.05, 0.1) is 12.4 Å². The van der Waals surface area contributed by atoms with Crippen LogP contribution in [0.15, 0.2) is 12.4 Å². The van der Waals surface area contributed by atoms with E-state index in [0.29, 0.717) is 11.7 Å². The van der Waals surface area contributed by atoms with Crippen molar-refractivity contribution in [1.82, 2.24) is 15.3 Å². The van der Waals surface area contributed by atoms with Crippen LogP contribution in [0.25, 0.3) is 0 Å². The lowest BCUT2D eigenvalue weighted by Crippen LogP contribution is -2.31. The van der Waals surface area contributed by atoms with Crippen LogP contribution in [0, 0.1) is 0 Å². The van der Waals surface area contributed by atoms with Crippen LogP contribution in [-0.2, 0) is 0 Å². The minimum absolute atomic E-state index is 0.105. The van der Waals surface area contributed by atoms with E-state index in [0.717, 1.165) is 5.82 Å². The monoisotopic (exact) mass is 276 g/mol. The Morgan fingerprint density at radius 3 is 2.40 bits per heavy atom. The van der Waals surface area contributed by atoms with Crippen LogP contribution in [-0.4, -0.2) is 28.0 Å². The molecule has 0 radical (unpaired) electrons. The predicted molar refractivity (Wildman–Crippen MR) is 79.7 cm³/mol. The molecule has 0 atom stereocenters. The van der Waals surface area contributed by atoms with Crippen LogP contribution >= 0.6 is 0 Å². The topological polar surface area (TPSA) is 66.9 Å². The van der Waals surface area contributed by atoms with Crippen molar-refractivity contribution in [2.75, 3.05) is 5.32 Å². The van der Waals surface area contributed by atoms with Crippen molar-refractivity contribution >= 4 is 11.7 Å². The first kappa shape index (κ1) is 14.8. The smallest absolute Gasteiger partial charge is 0.271 e. The molecule has 1 saturated carbocycles. The third-order valence-electron chi connectivity index (χ3n) is 3.51. The van der Waals surface area contributed by atoms with Crippen LogP contribution in [0.2, 0.25) is 0 Å². The molecule has 1 amide bonds. The normalized spacial score (nSPS) is 16.8. The molecule has 0 saturated heterocycles. The van der Waals surface area contributed by atoms with Crippen molar-refractivity contribution in [3.8, 4) is 0 Å².